The van der Waals surface area contributed by atoms with Crippen LogP contribution in [0.2, 0.25) is 0 Å². The Morgan fingerprint density at radius 1 is 1.54 bits per heavy atom. The van der Waals surface area contributed by atoms with Crippen molar-refractivity contribution >= 4 is 0 Å². The number of nitrogens with two attached hydrogens (primary N) is 1. The maximum Gasteiger partial charge on any atom is 0.137 e. The summed E-state index contributed by atoms with van der Waals surface area (Å²) in [7, 11) is 0. The average Bonchev–Trinajstić information content (AvgIpc) is 2.83. The molecule has 1 heterocycles. The maximum absolute atomic E-state index is 9.42. The standard InChI is InChI=1S/C10H14N2O/c11-10(4-5-10)3-1-8-2-6-12-7-9(8)13/h2,6-7,13H,1,3-5,11H2. The Bertz CT molecular complexity index is 308. The van der Waals surface area contributed by atoms with Gasteiger partial charge in [0, 0.05) is 11.7 Å². The smallest absolute Gasteiger partial charge is 0.137 e. The number of aryl methyl sites for hydroxylation is 1. The van der Waals surface area contributed by atoms with Crippen LogP contribution in [0.1, 0.15) is 24.8 Å². The second-order valence-corrected chi connectivity index (χ2v) is 3.87. The van der Waals surface area contributed by atoms with Gasteiger partial charge < -0.3 is 10.8 Å². The Balaban J connectivity index is 1.97. The predicted molar refractivity (Wildman–Crippen MR) is 50.4 cm³/mol. The third kappa shape index (κ3) is 1.98. The zero-order valence-corrected chi connectivity index (χ0v) is 7.53. The van der Waals surface area contributed by atoms with E-state index in [1.165, 1.54) is 6.20 Å². The van der Waals surface area contributed by atoms with Crippen molar-refractivity contribution in [3.63, 3.8) is 0 Å². The van der Waals surface area contributed by atoms with Gasteiger partial charge in [0.25, 0.3) is 0 Å². The molecule has 3 heteroatoms. The predicted octanol–water partition coefficient (Wildman–Crippen LogP) is 1.21. The molecule has 0 radical (unpaired) electrons. The number of hydrogen-bond acceptors (Lipinski definition) is 3. The molecule has 13 heavy (non-hydrogen) atoms. The Labute approximate surface area is 77.6 Å². The van der Waals surface area contributed by atoms with Gasteiger partial charge in [-0.25, -0.2) is 0 Å². The number of pyridine rings is 1. The molecule has 0 aromatic carbocycles. The monoisotopic (exact) mass is 178 g/mol. The van der Waals surface area contributed by atoms with Gasteiger partial charge >= 0.3 is 0 Å². The molecule has 0 spiro atoms. The first-order chi connectivity index (χ1) is 6.20. The van der Waals surface area contributed by atoms with Crippen LogP contribution in [0.4, 0.5) is 0 Å². The van der Waals surface area contributed by atoms with E-state index in [-0.39, 0.29) is 11.3 Å². The van der Waals surface area contributed by atoms with Crippen LogP contribution in [-0.4, -0.2) is 15.6 Å². The largest absolute Gasteiger partial charge is 0.506 e. The van der Waals surface area contributed by atoms with E-state index in [2.05, 4.69) is 4.98 Å². The molecular weight excluding hydrogens is 164 g/mol. The van der Waals surface area contributed by atoms with Crippen molar-refractivity contribution in [1.82, 2.24) is 4.98 Å². The van der Waals surface area contributed by atoms with E-state index in [4.69, 9.17) is 5.73 Å². The van der Waals surface area contributed by atoms with Crippen LogP contribution in [-0.2, 0) is 6.42 Å². The average molecular weight is 178 g/mol. The summed E-state index contributed by atoms with van der Waals surface area (Å²) in [5, 5.41) is 9.42. The molecule has 0 atom stereocenters. The number of hydrogen-bond donors (Lipinski definition) is 2. The van der Waals surface area contributed by atoms with Gasteiger partial charge in [-0.15, -0.1) is 0 Å². The summed E-state index contributed by atoms with van der Waals surface area (Å²) in [6, 6.07) is 1.85. The SMILES string of the molecule is NC1(CCc2ccncc2O)CC1. The molecule has 0 unspecified atom stereocenters. The van der Waals surface area contributed by atoms with Crippen molar-refractivity contribution in [3.05, 3.63) is 24.0 Å². The van der Waals surface area contributed by atoms with Crippen molar-refractivity contribution in [2.45, 2.75) is 31.2 Å². The molecule has 70 valence electrons. The number of aromatic hydroxyl groups is 1. The van der Waals surface area contributed by atoms with Crippen LogP contribution in [0.5, 0.6) is 5.75 Å². The second-order valence-electron chi connectivity index (χ2n) is 3.87. The molecule has 1 saturated carbocycles. The van der Waals surface area contributed by atoms with Crippen LogP contribution in [0.3, 0.4) is 0 Å². The maximum atomic E-state index is 9.42. The minimum absolute atomic E-state index is 0.0652. The topological polar surface area (TPSA) is 59.1 Å². The van der Waals surface area contributed by atoms with Gasteiger partial charge in [0.15, 0.2) is 0 Å². The normalized spacial score (nSPS) is 18.5. The first-order valence-electron chi connectivity index (χ1n) is 4.60. The highest BCUT2D eigenvalue weighted by Crippen LogP contribution is 2.37. The van der Waals surface area contributed by atoms with Crippen LogP contribution >= 0.6 is 0 Å². The fourth-order valence-corrected chi connectivity index (χ4v) is 1.42. The molecule has 1 aliphatic rings. The lowest BCUT2D eigenvalue weighted by Crippen LogP contribution is -2.22. The van der Waals surface area contributed by atoms with E-state index in [1.807, 2.05) is 6.07 Å². The zero-order chi connectivity index (χ0) is 9.31. The van der Waals surface area contributed by atoms with Crippen molar-refractivity contribution in [2.75, 3.05) is 0 Å². The third-order valence-electron chi connectivity index (χ3n) is 2.67. The number of aromatic nitrogens is 1. The molecular formula is C10H14N2O. The highest BCUT2D eigenvalue weighted by molar-refractivity contribution is 5.28. The van der Waals surface area contributed by atoms with E-state index < -0.39 is 0 Å². The zero-order valence-electron chi connectivity index (χ0n) is 7.53. The van der Waals surface area contributed by atoms with E-state index in [9.17, 15) is 5.11 Å². The summed E-state index contributed by atoms with van der Waals surface area (Å²) in [6.07, 6.45) is 7.24. The van der Waals surface area contributed by atoms with Crippen molar-refractivity contribution < 1.29 is 5.11 Å². The Morgan fingerprint density at radius 3 is 2.92 bits per heavy atom. The van der Waals surface area contributed by atoms with Gasteiger partial charge in [-0.05, 0) is 37.3 Å². The molecule has 3 N–H and O–H groups in total. The Hall–Kier alpha value is -1.09. The molecule has 0 aliphatic heterocycles. The lowest BCUT2D eigenvalue weighted by Gasteiger charge is -2.08. The first-order valence-corrected chi connectivity index (χ1v) is 4.60. The summed E-state index contributed by atoms with van der Waals surface area (Å²) >= 11 is 0. The summed E-state index contributed by atoms with van der Waals surface area (Å²) in [5.74, 6) is 0.284. The van der Waals surface area contributed by atoms with Crippen LogP contribution in [0, 0.1) is 0 Å². The molecule has 1 fully saturated rings. The molecule has 2 rings (SSSR count). The van der Waals surface area contributed by atoms with Crippen molar-refractivity contribution in [1.29, 1.82) is 0 Å². The van der Waals surface area contributed by atoms with Gasteiger partial charge in [-0.2, -0.15) is 0 Å². The van der Waals surface area contributed by atoms with Gasteiger partial charge in [-0.1, -0.05) is 0 Å². The molecule has 0 saturated heterocycles. The van der Waals surface area contributed by atoms with Crippen LogP contribution in [0.15, 0.2) is 18.5 Å². The van der Waals surface area contributed by atoms with E-state index in [0.29, 0.717) is 0 Å². The fourth-order valence-electron chi connectivity index (χ4n) is 1.42. The number of rotatable bonds is 3. The molecule has 1 aromatic heterocycles. The first kappa shape index (κ1) is 8.51. The molecule has 0 amide bonds. The van der Waals surface area contributed by atoms with Gasteiger partial charge in [0.1, 0.15) is 5.75 Å². The summed E-state index contributed by atoms with van der Waals surface area (Å²) in [4.78, 5) is 3.82. The third-order valence-corrected chi connectivity index (χ3v) is 2.67. The fraction of sp³-hybridized carbons (Fsp3) is 0.500. The highest BCUT2D eigenvalue weighted by Gasteiger charge is 2.37. The van der Waals surface area contributed by atoms with Gasteiger partial charge in [-0.3, -0.25) is 4.98 Å². The van der Waals surface area contributed by atoms with Gasteiger partial charge in [0.05, 0.1) is 6.20 Å². The minimum atomic E-state index is 0.0652. The van der Waals surface area contributed by atoms with Crippen LogP contribution in [0.25, 0.3) is 0 Å². The van der Waals surface area contributed by atoms with E-state index in [1.54, 1.807) is 6.20 Å². The van der Waals surface area contributed by atoms with Crippen molar-refractivity contribution in [2.24, 2.45) is 5.73 Å². The molecule has 3 nitrogen and oxygen atoms in total. The van der Waals surface area contributed by atoms with Crippen LogP contribution < -0.4 is 5.73 Å². The summed E-state index contributed by atoms with van der Waals surface area (Å²) < 4.78 is 0. The Kier molecular flexibility index (Phi) is 1.96. The second kappa shape index (κ2) is 3.00. The van der Waals surface area contributed by atoms with Gasteiger partial charge in [0.2, 0.25) is 0 Å². The lowest BCUT2D eigenvalue weighted by atomic mass is 10.1. The quantitative estimate of drug-likeness (QED) is 0.731. The summed E-state index contributed by atoms with van der Waals surface area (Å²) in [6.45, 7) is 0. The lowest BCUT2D eigenvalue weighted by molar-refractivity contribution is 0.461. The summed E-state index contributed by atoms with van der Waals surface area (Å²) in [5.41, 5.74) is 6.96. The molecule has 1 aliphatic carbocycles. The minimum Gasteiger partial charge on any atom is -0.506 e. The Morgan fingerprint density at radius 2 is 2.31 bits per heavy atom. The van der Waals surface area contributed by atoms with E-state index in [0.717, 1.165) is 31.2 Å². The molecule has 1 aromatic rings. The molecule has 0 bridgehead atoms. The van der Waals surface area contributed by atoms with E-state index >= 15 is 0 Å². The van der Waals surface area contributed by atoms with Crippen molar-refractivity contribution in [3.8, 4) is 5.75 Å². The number of nitrogens with zero attached hydrogens (tertiary/aromatic N) is 1. The highest BCUT2D eigenvalue weighted by atomic mass is 16.3.